The lowest BCUT2D eigenvalue weighted by Crippen LogP contribution is -2.31. The first kappa shape index (κ1) is 27.4. The maximum Gasteiger partial charge on any atom is 0.264 e. The summed E-state index contributed by atoms with van der Waals surface area (Å²) in [6, 6.07) is 28.6. The average Bonchev–Trinajstić information content (AvgIpc) is 2.93. The van der Waals surface area contributed by atoms with Gasteiger partial charge in [-0.05, 0) is 73.4 Å². The highest BCUT2D eigenvalue weighted by atomic mass is 35.5. The van der Waals surface area contributed by atoms with Gasteiger partial charge in [0.05, 0.1) is 23.2 Å². The van der Waals surface area contributed by atoms with Crippen LogP contribution in [0.3, 0.4) is 0 Å². The van der Waals surface area contributed by atoms with Gasteiger partial charge in [-0.1, -0.05) is 84.8 Å². The van der Waals surface area contributed by atoms with Gasteiger partial charge in [-0.15, -0.1) is 0 Å². The molecular formula is C31H31ClN2O3S. The molecular weight excluding hydrogens is 516 g/mol. The molecule has 0 aliphatic carbocycles. The number of carbonyl (C=O) groups is 1. The van der Waals surface area contributed by atoms with Crippen molar-refractivity contribution in [2.45, 2.75) is 44.7 Å². The second-order valence-electron chi connectivity index (χ2n) is 9.30. The minimum absolute atomic E-state index is 0.0846. The molecule has 0 radical (unpaired) electrons. The van der Waals surface area contributed by atoms with Gasteiger partial charge in [-0.25, -0.2) is 8.42 Å². The van der Waals surface area contributed by atoms with Gasteiger partial charge >= 0.3 is 0 Å². The summed E-state index contributed by atoms with van der Waals surface area (Å²) >= 11 is 6.25. The van der Waals surface area contributed by atoms with Crippen LogP contribution in [0.25, 0.3) is 0 Å². The molecule has 4 rings (SSSR count). The van der Waals surface area contributed by atoms with Crippen LogP contribution in [-0.4, -0.2) is 14.3 Å². The molecule has 0 bridgehead atoms. The highest BCUT2D eigenvalue weighted by Crippen LogP contribution is 2.31. The summed E-state index contributed by atoms with van der Waals surface area (Å²) in [4.78, 5) is 13.2. The van der Waals surface area contributed by atoms with E-state index in [-0.39, 0.29) is 23.4 Å². The van der Waals surface area contributed by atoms with Gasteiger partial charge in [0.2, 0.25) is 0 Å². The van der Waals surface area contributed by atoms with Crippen molar-refractivity contribution in [3.8, 4) is 0 Å². The van der Waals surface area contributed by atoms with E-state index in [9.17, 15) is 13.2 Å². The van der Waals surface area contributed by atoms with E-state index in [0.29, 0.717) is 16.3 Å². The van der Waals surface area contributed by atoms with Crippen molar-refractivity contribution in [3.63, 3.8) is 0 Å². The standard InChI is InChI=1S/C31H31ClN2O3S/c1-4-29(25-15-10-22(2)11-16-25)33-31(35)26-17-13-24(14-18-26)21-34(30-20-27(32)19-12-23(30)3)38(36,37)28-8-6-5-7-9-28/h5-20,29H,4,21H2,1-3H3,(H,33,35)/t29-/m1/s1. The number of nitrogens with zero attached hydrogens (tertiary/aromatic N) is 1. The summed E-state index contributed by atoms with van der Waals surface area (Å²) in [6.07, 6.45) is 0.762. The van der Waals surface area contributed by atoms with Crippen LogP contribution in [0.15, 0.2) is 102 Å². The maximum absolute atomic E-state index is 13.7. The van der Waals surface area contributed by atoms with Gasteiger partial charge in [0, 0.05) is 10.6 Å². The Morgan fingerprint density at radius 2 is 1.55 bits per heavy atom. The Morgan fingerprint density at radius 3 is 2.18 bits per heavy atom. The fourth-order valence-corrected chi connectivity index (χ4v) is 5.96. The third-order valence-electron chi connectivity index (χ3n) is 6.51. The topological polar surface area (TPSA) is 66.5 Å². The zero-order valence-corrected chi connectivity index (χ0v) is 23.3. The highest BCUT2D eigenvalue weighted by Gasteiger charge is 2.26. The van der Waals surface area contributed by atoms with Gasteiger partial charge < -0.3 is 5.32 Å². The molecule has 7 heteroatoms. The van der Waals surface area contributed by atoms with Crippen molar-refractivity contribution < 1.29 is 13.2 Å². The summed E-state index contributed by atoms with van der Waals surface area (Å²) in [5.74, 6) is -0.177. The Bertz CT molecular complexity index is 1500. The Labute approximate surface area is 230 Å². The van der Waals surface area contributed by atoms with E-state index in [0.717, 1.165) is 23.1 Å². The fraction of sp³-hybridized carbons (Fsp3) is 0.194. The van der Waals surface area contributed by atoms with E-state index < -0.39 is 10.0 Å². The van der Waals surface area contributed by atoms with Crippen LogP contribution in [0.4, 0.5) is 5.69 Å². The molecule has 0 saturated heterocycles. The quantitative estimate of drug-likeness (QED) is 0.241. The van der Waals surface area contributed by atoms with Crippen LogP contribution in [0.2, 0.25) is 5.02 Å². The number of amides is 1. The molecule has 1 amide bonds. The minimum atomic E-state index is -3.88. The van der Waals surface area contributed by atoms with Crippen molar-refractivity contribution >= 4 is 33.2 Å². The number of aryl methyl sites for hydroxylation is 2. The zero-order chi connectivity index (χ0) is 27.3. The van der Waals surface area contributed by atoms with Crippen LogP contribution < -0.4 is 9.62 Å². The molecule has 5 nitrogen and oxygen atoms in total. The highest BCUT2D eigenvalue weighted by molar-refractivity contribution is 7.92. The third kappa shape index (κ3) is 6.26. The summed E-state index contributed by atoms with van der Waals surface area (Å²) in [7, 11) is -3.88. The molecule has 0 aromatic heterocycles. The number of sulfonamides is 1. The predicted octanol–water partition coefficient (Wildman–Crippen LogP) is 7.23. The Hall–Kier alpha value is -3.61. The first-order valence-corrected chi connectivity index (χ1v) is 14.3. The number of nitrogens with one attached hydrogen (secondary N) is 1. The SMILES string of the molecule is CC[C@@H](NC(=O)c1ccc(CN(c2cc(Cl)ccc2C)S(=O)(=O)c2ccccc2)cc1)c1ccc(C)cc1. The van der Waals surface area contributed by atoms with Crippen molar-refractivity contribution in [2.75, 3.05) is 4.31 Å². The summed E-state index contributed by atoms with van der Waals surface area (Å²) in [5.41, 5.74) is 4.77. The van der Waals surface area contributed by atoms with E-state index in [2.05, 4.69) is 5.32 Å². The summed E-state index contributed by atoms with van der Waals surface area (Å²) in [5, 5.41) is 3.55. The molecule has 0 saturated carbocycles. The Balaban J connectivity index is 1.59. The number of hydrogen-bond donors (Lipinski definition) is 1. The Morgan fingerprint density at radius 1 is 0.895 bits per heavy atom. The third-order valence-corrected chi connectivity index (χ3v) is 8.52. The van der Waals surface area contributed by atoms with Crippen molar-refractivity contribution in [1.29, 1.82) is 0 Å². The van der Waals surface area contributed by atoms with E-state index in [4.69, 9.17) is 11.6 Å². The molecule has 1 atom stereocenters. The lowest BCUT2D eigenvalue weighted by molar-refractivity contribution is 0.0935. The van der Waals surface area contributed by atoms with Crippen molar-refractivity contribution in [1.82, 2.24) is 5.32 Å². The van der Waals surface area contributed by atoms with Gasteiger partial charge in [0.15, 0.2) is 0 Å². The smallest absolute Gasteiger partial charge is 0.264 e. The number of rotatable bonds is 9. The molecule has 4 aromatic carbocycles. The van der Waals surface area contributed by atoms with Crippen LogP contribution in [0, 0.1) is 13.8 Å². The molecule has 0 aliphatic rings. The van der Waals surface area contributed by atoms with Crippen LogP contribution in [-0.2, 0) is 16.6 Å². The lowest BCUT2D eigenvalue weighted by Gasteiger charge is -2.26. The first-order chi connectivity index (χ1) is 18.2. The van der Waals surface area contributed by atoms with E-state index in [1.807, 2.05) is 45.0 Å². The number of benzene rings is 4. The first-order valence-electron chi connectivity index (χ1n) is 12.5. The monoisotopic (exact) mass is 546 g/mol. The summed E-state index contributed by atoms with van der Waals surface area (Å²) in [6.45, 7) is 6.00. The van der Waals surface area contributed by atoms with Crippen molar-refractivity contribution in [3.05, 3.63) is 130 Å². The van der Waals surface area contributed by atoms with E-state index in [1.165, 1.54) is 9.87 Å². The molecule has 38 heavy (non-hydrogen) atoms. The van der Waals surface area contributed by atoms with Crippen LogP contribution in [0.1, 0.15) is 52.0 Å². The number of anilines is 1. The van der Waals surface area contributed by atoms with Gasteiger partial charge in [-0.2, -0.15) is 0 Å². The van der Waals surface area contributed by atoms with E-state index >= 15 is 0 Å². The molecule has 0 aliphatic heterocycles. The van der Waals surface area contributed by atoms with Gasteiger partial charge in [0.25, 0.3) is 15.9 Å². The number of hydrogen-bond acceptors (Lipinski definition) is 3. The van der Waals surface area contributed by atoms with E-state index in [1.54, 1.807) is 72.8 Å². The largest absolute Gasteiger partial charge is 0.345 e. The maximum atomic E-state index is 13.7. The second kappa shape index (κ2) is 11.8. The second-order valence-corrected chi connectivity index (χ2v) is 11.6. The lowest BCUT2D eigenvalue weighted by atomic mass is 10.0. The molecule has 0 fully saturated rings. The zero-order valence-electron chi connectivity index (χ0n) is 21.7. The fourth-order valence-electron chi connectivity index (χ4n) is 4.26. The molecule has 196 valence electrons. The predicted molar refractivity (Wildman–Crippen MR) is 154 cm³/mol. The van der Waals surface area contributed by atoms with Crippen LogP contribution in [0.5, 0.6) is 0 Å². The van der Waals surface area contributed by atoms with Crippen molar-refractivity contribution in [2.24, 2.45) is 0 Å². The molecule has 0 heterocycles. The number of halogens is 1. The molecule has 0 spiro atoms. The molecule has 0 unspecified atom stereocenters. The molecule has 1 N–H and O–H groups in total. The van der Waals surface area contributed by atoms with Gasteiger partial charge in [0.1, 0.15) is 0 Å². The minimum Gasteiger partial charge on any atom is -0.345 e. The van der Waals surface area contributed by atoms with Gasteiger partial charge in [-0.3, -0.25) is 9.10 Å². The Kier molecular flexibility index (Phi) is 8.55. The van der Waals surface area contributed by atoms with Crippen LogP contribution >= 0.6 is 11.6 Å². The molecule has 4 aromatic rings. The summed E-state index contributed by atoms with van der Waals surface area (Å²) < 4.78 is 28.8. The average molecular weight is 547 g/mol. The number of carbonyl (C=O) groups excluding carboxylic acids is 1. The normalized spacial score (nSPS) is 12.1.